The number of benzene rings is 1. The van der Waals surface area contributed by atoms with Gasteiger partial charge in [-0.1, -0.05) is 11.6 Å². The summed E-state index contributed by atoms with van der Waals surface area (Å²) in [6.45, 7) is 4.14. The number of aromatic hydroxyl groups is 1. The molecule has 0 spiro atoms. The van der Waals surface area contributed by atoms with E-state index >= 15 is 0 Å². The molecule has 18 heavy (non-hydrogen) atoms. The van der Waals surface area contributed by atoms with Crippen molar-refractivity contribution in [3.8, 4) is 5.75 Å². The number of nitrogens with zero attached hydrogens (tertiary/aromatic N) is 2. The van der Waals surface area contributed by atoms with Gasteiger partial charge in [0, 0.05) is 16.6 Å². The monoisotopic (exact) mass is 270 g/mol. The summed E-state index contributed by atoms with van der Waals surface area (Å²) in [4.78, 5) is 4.41. The molecule has 1 N–H and O–H groups in total. The summed E-state index contributed by atoms with van der Waals surface area (Å²) in [5.41, 5.74) is 0.884. The van der Waals surface area contributed by atoms with Crippen LogP contribution < -0.4 is 0 Å². The normalized spacial score (nSPS) is 13.3. The second-order valence-corrected chi connectivity index (χ2v) is 5.45. The Hall–Kier alpha value is -0.770. The van der Waals surface area contributed by atoms with E-state index < -0.39 is 0 Å². The van der Waals surface area contributed by atoms with Gasteiger partial charge in [0.1, 0.15) is 5.75 Å². The summed E-state index contributed by atoms with van der Waals surface area (Å²) in [6.07, 6.45) is 1.11. The molecule has 1 unspecified atom stereocenters. The van der Waals surface area contributed by atoms with Gasteiger partial charge in [0.25, 0.3) is 0 Å². The fourth-order valence-corrected chi connectivity index (χ4v) is 2.11. The highest BCUT2D eigenvalue weighted by atomic mass is 35.5. The van der Waals surface area contributed by atoms with Gasteiger partial charge in [0.05, 0.1) is 0 Å². The molecule has 0 bridgehead atoms. The lowest BCUT2D eigenvalue weighted by atomic mass is 10.1. The standard InChI is InChI=1S/C14H23ClN2O/c1-11(17(4)9-5-8-16(2)3)13-10-12(15)6-7-14(13)18/h6-7,10-11,18H,5,8-9H2,1-4H3. The predicted octanol–water partition coefficient (Wildman–Crippen LogP) is 2.99. The second-order valence-electron chi connectivity index (χ2n) is 5.02. The number of hydrogen-bond acceptors (Lipinski definition) is 3. The lowest BCUT2D eigenvalue weighted by Crippen LogP contribution is -2.26. The van der Waals surface area contributed by atoms with Crippen molar-refractivity contribution in [2.24, 2.45) is 0 Å². The van der Waals surface area contributed by atoms with Crippen molar-refractivity contribution in [2.45, 2.75) is 19.4 Å². The molecule has 0 radical (unpaired) electrons. The number of hydrogen-bond donors (Lipinski definition) is 1. The molecule has 1 aromatic carbocycles. The van der Waals surface area contributed by atoms with Crippen molar-refractivity contribution >= 4 is 11.6 Å². The first-order valence-corrected chi connectivity index (χ1v) is 6.63. The Labute approximate surface area is 115 Å². The highest BCUT2D eigenvalue weighted by Crippen LogP contribution is 2.30. The smallest absolute Gasteiger partial charge is 0.120 e. The Bertz CT molecular complexity index is 382. The molecule has 0 saturated carbocycles. The van der Waals surface area contributed by atoms with Gasteiger partial charge in [0.2, 0.25) is 0 Å². The summed E-state index contributed by atoms with van der Waals surface area (Å²) >= 11 is 5.98. The van der Waals surface area contributed by atoms with E-state index in [4.69, 9.17) is 11.6 Å². The third-order valence-electron chi connectivity index (χ3n) is 3.22. The van der Waals surface area contributed by atoms with Crippen molar-refractivity contribution in [3.05, 3.63) is 28.8 Å². The van der Waals surface area contributed by atoms with E-state index in [1.165, 1.54) is 0 Å². The van der Waals surface area contributed by atoms with Crippen LogP contribution in [0, 0.1) is 0 Å². The summed E-state index contributed by atoms with van der Waals surface area (Å²) in [5, 5.41) is 10.5. The lowest BCUT2D eigenvalue weighted by Gasteiger charge is -2.26. The third-order valence-corrected chi connectivity index (χ3v) is 3.45. The van der Waals surface area contributed by atoms with Crippen molar-refractivity contribution in [1.29, 1.82) is 0 Å². The summed E-state index contributed by atoms with van der Waals surface area (Å²) in [6, 6.07) is 5.36. The fourth-order valence-electron chi connectivity index (χ4n) is 1.93. The molecular weight excluding hydrogens is 248 g/mol. The Kier molecular flexibility index (Phi) is 5.93. The molecule has 0 heterocycles. The first-order valence-electron chi connectivity index (χ1n) is 6.25. The van der Waals surface area contributed by atoms with E-state index in [1.807, 2.05) is 6.07 Å². The molecule has 4 heteroatoms. The molecule has 3 nitrogen and oxygen atoms in total. The van der Waals surface area contributed by atoms with Crippen molar-refractivity contribution in [2.75, 3.05) is 34.2 Å². The van der Waals surface area contributed by atoms with Crippen molar-refractivity contribution < 1.29 is 5.11 Å². The van der Waals surface area contributed by atoms with Crippen molar-refractivity contribution in [1.82, 2.24) is 9.80 Å². The first kappa shape index (κ1) is 15.3. The van der Waals surface area contributed by atoms with E-state index in [9.17, 15) is 5.11 Å². The molecule has 1 aromatic rings. The largest absolute Gasteiger partial charge is 0.508 e. The zero-order chi connectivity index (χ0) is 13.7. The molecule has 0 saturated heterocycles. The number of rotatable bonds is 6. The fraction of sp³-hybridized carbons (Fsp3) is 0.571. The second kappa shape index (κ2) is 6.98. The minimum absolute atomic E-state index is 0.158. The lowest BCUT2D eigenvalue weighted by molar-refractivity contribution is 0.240. The van der Waals surface area contributed by atoms with Crippen LogP contribution in [0.15, 0.2) is 18.2 Å². The van der Waals surface area contributed by atoms with Crippen LogP contribution in [-0.2, 0) is 0 Å². The molecule has 0 aliphatic heterocycles. The minimum Gasteiger partial charge on any atom is -0.508 e. The molecular formula is C14H23ClN2O. The Morgan fingerprint density at radius 1 is 1.22 bits per heavy atom. The average molecular weight is 271 g/mol. The summed E-state index contributed by atoms with van der Waals surface area (Å²) in [7, 11) is 6.22. The predicted molar refractivity (Wildman–Crippen MR) is 77.3 cm³/mol. The van der Waals surface area contributed by atoms with E-state index in [0.29, 0.717) is 10.8 Å². The van der Waals surface area contributed by atoms with Crippen LogP contribution in [0.4, 0.5) is 0 Å². The van der Waals surface area contributed by atoms with E-state index in [0.717, 1.165) is 25.1 Å². The average Bonchev–Trinajstić information content (AvgIpc) is 2.30. The van der Waals surface area contributed by atoms with Crippen LogP contribution in [0.25, 0.3) is 0 Å². The van der Waals surface area contributed by atoms with Gasteiger partial charge in [0.15, 0.2) is 0 Å². The molecule has 0 aliphatic rings. The molecule has 0 aliphatic carbocycles. The maximum absolute atomic E-state index is 9.87. The van der Waals surface area contributed by atoms with E-state index in [1.54, 1.807) is 12.1 Å². The minimum atomic E-state index is 0.158. The Morgan fingerprint density at radius 2 is 1.89 bits per heavy atom. The van der Waals surface area contributed by atoms with Gasteiger partial charge in [-0.15, -0.1) is 0 Å². The van der Waals surface area contributed by atoms with E-state index in [-0.39, 0.29) is 6.04 Å². The van der Waals surface area contributed by atoms with Gasteiger partial charge >= 0.3 is 0 Å². The van der Waals surface area contributed by atoms with Gasteiger partial charge < -0.3 is 10.0 Å². The maximum atomic E-state index is 9.87. The summed E-state index contributed by atoms with van der Waals surface area (Å²) < 4.78 is 0. The molecule has 1 rings (SSSR count). The molecule has 102 valence electrons. The molecule has 1 atom stereocenters. The third kappa shape index (κ3) is 4.48. The first-order chi connectivity index (χ1) is 8.41. The topological polar surface area (TPSA) is 26.7 Å². The zero-order valence-electron chi connectivity index (χ0n) is 11.7. The number of phenolic OH excluding ortho intramolecular Hbond substituents is 1. The van der Waals surface area contributed by atoms with Gasteiger partial charge in [-0.05, 0) is 65.8 Å². The van der Waals surface area contributed by atoms with Crippen LogP contribution in [0.5, 0.6) is 5.75 Å². The summed E-state index contributed by atoms with van der Waals surface area (Å²) in [5.74, 6) is 0.311. The van der Waals surface area contributed by atoms with Crippen LogP contribution >= 0.6 is 11.6 Å². The highest BCUT2D eigenvalue weighted by molar-refractivity contribution is 6.30. The highest BCUT2D eigenvalue weighted by Gasteiger charge is 2.15. The molecule has 0 aromatic heterocycles. The van der Waals surface area contributed by atoms with Gasteiger partial charge in [-0.2, -0.15) is 0 Å². The molecule has 0 fully saturated rings. The van der Waals surface area contributed by atoms with Crippen LogP contribution in [0.3, 0.4) is 0 Å². The van der Waals surface area contributed by atoms with Crippen molar-refractivity contribution in [3.63, 3.8) is 0 Å². The van der Waals surface area contributed by atoms with Gasteiger partial charge in [-0.25, -0.2) is 0 Å². The number of phenols is 1. The SMILES string of the molecule is CC(c1cc(Cl)ccc1O)N(C)CCCN(C)C. The van der Waals surface area contributed by atoms with Crippen LogP contribution in [0.1, 0.15) is 24.9 Å². The van der Waals surface area contributed by atoms with Crippen LogP contribution in [0.2, 0.25) is 5.02 Å². The quantitative estimate of drug-likeness (QED) is 0.861. The van der Waals surface area contributed by atoms with Gasteiger partial charge in [-0.3, -0.25) is 4.90 Å². The maximum Gasteiger partial charge on any atom is 0.120 e. The zero-order valence-corrected chi connectivity index (χ0v) is 12.4. The number of halogens is 1. The van der Waals surface area contributed by atoms with E-state index in [2.05, 4.69) is 37.9 Å². The Morgan fingerprint density at radius 3 is 2.50 bits per heavy atom. The Balaban J connectivity index is 2.62. The molecule has 0 amide bonds. The van der Waals surface area contributed by atoms with Crippen LogP contribution in [-0.4, -0.2) is 49.1 Å².